The molecule has 16 heavy (non-hydrogen) atoms. The smallest absolute Gasteiger partial charge is 0.358 e. The molecule has 88 valence electrons. The quantitative estimate of drug-likeness (QED) is 0.747. The number of nitrogens with zero attached hydrogens (tertiary/aromatic N) is 3. The van der Waals surface area contributed by atoms with Gasteiger partial charge in [-0.1, -0.05) is 19.1 Å². The first-order valence-corrected chi connectivity index (χ1v) is 4.79. The summed E-state index contributed by atoms with van der Waals surface area (Å²) in [5.74, 6) is -2.07. The average Bonchev–Trinajstić information content (AvgIpc) is 2.47. The van der Waals surface area contributed by atoms with Gasteiger partial charge in [0.25, 0.3) is 0 Å². The normalized spacial score (nSPS) is 10.7. The molecule has 0 unspecified atom stereocenters. The maximum absolute atomic E-state index is 10.8. The Morgan fingerprint density at radius 3 is 2.44 bits per heavy atom. The molecular weight excluding hydrogens is 214 g/mol. The predicted octanol–water partition coefficient (Wildman–Crippen LogP) is 0.259. The monoisotopic (exact) mass is 227 g/mol. The molecule has 0 aliphatic carbocycles. The number of carboxylic acid groups (broad SMARTS) is 2. The molecule has 0 aromatic carbocycles. The summed E-state index contributed by atoms with van der Waals surface area (Å²) in [5, 5.41) is 24.5. The second kappa shape index (κ2) is 4.73. The predicted molar refractivity (Wildman–Crippen MR) is 53.2 cm³/mol. The van der Waals surface area contributed by atoms with Crippen molar-refractivity contribution >= 4 is 11.9 Å². The van der Waals surface area contributed by atoms with Crippen LogP contribution in [0.25, 0.3) is 0 Å². The molecule has 0 radical (unpaired) electrons. The molecule has 1 heterocycles. The third kappa shape index (κ3) is 2.78. The summed E-state index contributed by atoms with van der Waals surface area (Å²) in [6.07, 6.45) is 0.432. The molecule has 0 aliphatic rings. The highest BCUT2D eigenvalue weighted by atomic mass is 16.4. The highest BCUT2D eigenvalue weighted by Crippen LogP contribution is 2.11. The Morgan fingerprint density at radius 2 is 2.00 bits per heavy atom. The minimum atomic E-state index is -1.19. The van der Waals surface area contributed by atoms with Gasteiger partial charge in [0.1, 0.15) is 6.54 Å². The van der Waals surface area contributed by atoms with Crippen LogP contribution in [0.15, 0.2) is 0 Å². The Bertz CT molecular complexity index is 411. The van der Waals surface area contributed by atoms with Gasteiger partial charge >= 0.3 is 11.9 Å². The SMILES string of the molecule is CC(C)Cc1c(C(=O)O)nnn1CC(=O)O. The Labute approximate surface area is 91.7 Å². The fourth-order valence-electron chi connectivity index (χ4n) is 1.34. The van der Waals surface area contributed by atoms with Crippen molar-refractivity contribution in [1.82, 2.24) is 15.0 Å². The third-order valence-corrected chi connectivity index (χ3v) is 1.93. The van der Waals surface area contributed by atoms with E-state index in [1.165, 1.54) is 0 Å². The van der Waals surface area contributed by atoms with Crippen molar-refractivity contribution in [2.45, 2.75) is 26.8 Å². The topological polar surface area (TPSA) is 105 Å². The van der Waals surface area contributed by atoms with E-state index < -0.39 is 11.9 Å². The molecule has 0 atom stereocenters. The van der Waals surface area contributed by atoms with Gasteiger partial charge in [0.15, 0.2) is 5.69 Å². The first kappa shape index (κ1) is 12.2. The molecule has 0 bridgehead atoms. The van der Waals surface area contributed by atoms with E-state index in [-0.39, 0.29) is 18.2 Å². The molecule has 0 fully saturated rings. The van der Waals surface area contributed by atoms with Gasteiger partial charge in [0.05, 0.1) is 5.69 Å². The summed E-state index contributed by atoms with van der Waals surface area (Å²) in [6, 6.07) is 0. The molecule has 2 N–H and O–H groups in total. The van der Waals surface area contributed by atoms with Crippen LogP contribution in [0.2, 0.25) is 0 Å². The summed E-state index contributed by atoms with van der Waals surface area (Å²) in [5.41, 5.74) is 0.180. The van der Waals surface area contributed by atoms with Gasteiger partial charge in [-0.15, -0.1) is 5.10 Å². The summed E-state index contributed by atoms with van der Waals surface area (Å²) < 4.78 is 1.12. The van der Waals surface area contributed by atoms with E-state index in [0.717, 1.165) is 4.68 Å². The molecule has 7 nitrogen and oxygen atoms in total. The summed E-state index contributed by atoms with van der Waals surface area (Å²) in [6.45, 7) is 3.44. The van der Waals surface area contributed by atoms with Crippen LogP contribution >= 0.6 is 0 Å². The van der Waals surface area contributed by atoms with Crippen LogP contribution in [0.5, 0.6) is 0 Å². The number of hydrogen-bond donors (Lipinski definition) is 2. The van der Waals surface area contributed by atoms with Crippen LogP contribution in [0.4, 0.5) is 0 Å². The van der Waals surface area contributed by atoms with Gasteiger partial charge in [-0.2, -0.15) is 0 Å². The van der Waals surface area contributed by atoms with Crippen molar-refractivity contribution in [1.29, 1.82) is 0 Å². The van der Waals surface area contributed by atoms with Gasteiger partial charge < -0.3 is 10.2 Å². The Hall–Kier alpha value is -1.92. The highest BCUT2D eigenvalue weighted by molar-refractivity contribution is 5.86. The standard InChI is InChI=1S/C9H13N3O4/c1-5(2)3-6-8(9(15)16)10-11-12(6)4-7(13)14/h5H,3-4H2,1-2H3,(H,13,14)(H,15,16). The van der Waals surface area contributed by atoms with Crippen molar-refractivity contribution in [3.63, 3.8) is 0 Å². The minimum absolute atomic E-state index is 0.171. The third-order valence-electron chi connectivity index (χ3n) is 1.93. The second-order valence-corrected chi connectivity index (χ2v) is 3.84. The van der Waals surface area contributed by atoms with Gasteiger partial charge in [0.2, 0.25) is 0 Å². The summed E-state index contributed by atoms with van der Waals surface area (Å²) >= 11 is 0. The van der Waals surface area contributed by atoms with Crippen LogP contribution in [-0.4, -0.2) is 37.1 Å². The van der Waals surface area contributed by atoms with Crippen molar-refractivity contribution in [3.05, 3.63) is 11.4 Å². The maximum Gasteiger partial charge on any atom is 0.358 e. The van der Waals surface area contributed by atoms with E-state index in [0.29, 0.717) is 12.1 Å². The van der Waals surface area contributed by atoms with E-state index in [4.69, 9.17) is 10.2 Å². The van der Waals surface area contributed by atoms with Crippen molar-refractivity contribution in [2.75, 3.05) is 0 Å². The van der Waals surface area contributed by atoms with Gasteiger partial charge in [-0.05, 0) is 12.3 Å². The largest absolute Gasteiger partial charge is 0.480 e. The Morgan fingerprint density at radius 1 is 1.38 bits per heavy atom. The first-order valence-electron chi connectivity index (χ1n) is 4.79. The lowest BCUT2D eigenvalue weighted by Crippen LogP contribution is -2.15. The van der Waals surface area contributed by atoms with Gasteiger partial charge in [-0.25, -0.2) is 9.48 Å². The van der Waals surface area contributed by atoms with Gasteiger partial charge in [-0.3, -0.25) is 4.79 Å². The number of hydrogen-bond acceptors (Lipinski definition) is 4. The lowest BCUT2D eigenvalue weighted by atomic mass is 10.1. The van der Waals surface area contributed by atoms with E-state index in [9.17, 15) is 9.59 Å². The molecule has 7 heteroatoms. The number of aromatic carboxylic acids is 1. The maximum atomic E-state index is 10.8. The van der Waals surface area contributed by atoms with E-state index in [2.05, 4.69) is 10.3 Å². The molecule has 1 aromatic heterocycles. The highest BCUT2D eigenvalue weighted by Gasteiger charge is 2.20. The van der Waals surface area contributed by atoms with E-state index in [1.54, 1.807) is 0 Å². The lowest BCUT2D eigenvalue weighted by Gasteiger charge is -2.06. The van der Waals surface area contributed by atoms with Crippen LogP contribution in [0.3, 0.4) is 0 Å². The van der Waals surface area contributed by atoms with Crippen molar-refractivity contribution < 1.29 is 19.8 Å². The first-order chi connectivity index (χ1) is 7.41. The number of aliphatic carboxylic acids is 1. The number of carbonyl (C=O) groups is 2. The fourth-order valence-corrected chi connectivity index (χ4v) is 1.34. The van der Waals surface area contributed by atoms with Crippen molar-refractivity contribution in [2.24, 2.45) is 5.92 Å². The van der Waals surface area contributed by atoms with Crippen LogP contribution in [-0.2, 0) is 17.8 Å². The molecule has 0 amide bonds. The summed E-state index contributed by atoms with van der Waals surface area (Å²) in [7, 11) is 0. The zero-order chi connectivity index (χ0) is 12.3. The molecular formula is C9H13N3O4. The average molecular weight is 227 g/mol. The molecule has 1 rings (SSSR count). The molecule has 0 spiro atoms. The summed E-state index contributed by atoms with van der Waals surface area (Å²) in [4.78, 5) is 21.4. The number of rotatable bonds is 5. The number of aromatic nitrogens is 3. The van der Waals surface area contributed by atoms with Crippen LogP contribution < -0.4 is 0 Å². The van der Waals surface area contributed by atoms with Crippen LogP contribution in [0, 0.1) is 5.92 Å². The van der Waals surface area contributed by atoms with E-state index in [1.807, 2.05) is 13.8 Å². The fraction of sp³-hybridized carbons (Fsp3) is 0.556. The van der Waals surface area contributed by atoms with Crippen LogP contribution in [0.1, 0.15) is 30.0 Å². The lowest BCUT2D eigenvalue weighted by molar-refractivity contribution is -0.138. The molecule has 0 aliphatic heterocycles. The zero-order valence-electron chi connectivity index (χ0n) is 9.04. The molecule has 0 saturated carbocycles. The second-order valence-electron chi connectivity index (χ2n) is 3.84. The van der Waals surface area contributed by atoms with Gasteiger partial charge in [0, 0.05) is 0 Å². The minimum Gasteiger partial charge on any atom is -0.480 e. The Kier molecular flexibility index (Phi) is 3.60. The van der Waals surface area contributed by atoms with Crippen molar-refractivity contribution in [3.8, 4) is 0 Å². The Balaban J connectivity index is 3.08. The zero-order valence-corrected chi connectivity index (χ0v) is 9.04. The molecule has 0 saturated heterocycles. The molecule has 1 aromatic rings. The number of carboxylic acids is 2. The van der Waals surface area contributed by atoms with E-state index >= 15 is 0 Å².